The van der Waals surface area contributed by atoms with Gasteiger partial charge in [-0.05, 0) is 37.6 Å². The van der Waals surface area contributed by atoms with Crippen LogP contribution in [0.15, 0.2) is 24.3 Å². The molecule has 2 rings (SSSR count). The Morgan fingerprint density at radius 3 is 2.45 bits per heavy atom. The summed E-state index contributed by atoms with van der Waals surface area (Å²) in [7, 11) is 4.07. The fraction of sp³-hybridized carbons (Fsp3) is 0.611. The van der Waals surface area contributed by atoms with Crippen molar-refractivity contribution in [2.24, 2.45) is 0 Å². The molecule has 0 saturated carbocycles. The van der Waals surface area contributed by atoms with Gasteiger partial charge in [0, 0.05) is 45.5 Å². The summed E-state index contributed by atoms with van der Waals surface area (Å²) in [6, 6.07) is 11.2. The summed E-state index contributed by atoms with van der Waals surface area (Å²) in [5, 5.41) is 9.65. The van der Waals surface area contributed by atoms with Crippen LogP contribution in [0.3, 0.4) is 0 Å². The highest BCUT2D eigenvalue weighted by atomic mass is 15.3. The summed E-state index contributed by atoms with van der Waals surface area (Å²) in [6.07, 6.45) is 1.19. The Balaban J connectivity index is 2.07. The molecule has 2 unspecified atom stereocenters. The highest BCUT2D eigenvalue weighted by Crippen LogP contribution is 2.25. The van der Waals surface area contributed by atoms with E-state index >= 15 is 0 Å². The molecule has 0 radical (unpaired) electrons. The molecule has 4 heteroatoms. The molecule has 22 heavy (non-hydrogen) atoms. The van der Waals surface area contributed by atoms with Gasteiger partial charge in [0.2, 0.25) is 0 Å². The van der Waals surface area contributed by atoms with E-state index in [-0.39, 0.29) is 6.04 Å². The molecule has 0 spiro atoms. The van der Waals surface area contributed by atoms with E-state index in [2.05, 4.69) is 58.9 Å². The maximum absolute atomic E-state index is 9.65. The minimum absolute atomic E-state index is 0.137. The van der Waals surface area contributed by atoms with E-state index in [1.165, 1.54) is 12.1 Å². The predicted molar refractivity (Wildman–Crippen MR) is 92.0 cm³/mol. The van der Waals surface area contributed by atoms with E-state index in [4.69, 9.17) is 0 Å². The molecule has 1 aliphatic heterocycles. The molecule has 1 fully saturated rings. The first-order chi connectivity index (χ1) is 10.6. The van der Waals surface area contributed by atoms with Gasteiger partial charge in [0.15, 0.2) is 0 Å². The maximum Gasteiger partial charge on any atom is 0.123 e. The zero-order valence-corrected chi connectivity index (χ0v) is 14.3. The number of piperazine rings is 1. The van der Waals surface area contributed by atoms with Crippen LogP contribution >= 0.6 is 0 Å². The molecule has 0 N–H and O–H groups in total. The fourth-order valence-corrected chi connectivity index (χ4v) is 3.20. The Hall–Kier alpha value is -1.57. The third-order valence-electron chi connectivity index (χ3n) is 4.52. The van der Waals surface area contributed by atoms with E-state index < -0.39 is 0 Å². The first kappa shape index (κ1) is 16.8. The van der Waals surface area contributed by atoms with Crippen molar-refractivity contribution in [2.45, 2.75) is 32.4 Å². The molecule has 1 aromatic carbocycles. The van der Waals surface area contributed by atoms with Gasteiger partial charge >= 0.3 is 0 Å². The molecule has 0 aromatic heterocycles. The average Bonchev–Trinajstić information content (AvgIpc) is 2.51. The smallest absolute Gasteiger partial charge is 0.123 e. The molecule has 0 amide bonds. The largest absolute Gasteiger partial charge is 0.378 e. The van der Waals surface area contributed by atoms with E-state index in [0.717, 1.165) is 31.7 Å². The molecule has 4 nitrogen and oxygen atoms in total. The lowest BCUT2D eigenvalue weighted by atomic mass is 10.0. The molecule has 2 atom stereocenters. The summed E-state index contributed by atoms with van der Waals surface area (Å²) in [5.41, 5.74) is 2.27. The second-order valence-electron chi connectivity index (χ2n) is 6.40. The summed E-state index contributed by atoms with van der Waals surface area (Å²) < 4.78 is 0. The number of hydrogen-bond donors (Lipinski definition) is 0. The maximum atomic E-state index is 9.65. The van der Waals surface area contributed by atoms with Gasteiger partial charge in [-0.3, -0.25) is 9.80 Å². The van der Waals surface area contributed by atoms with E-state index in [1.54, 1.807) is 0 Å². The van der Waals surface area contributed by atoms with Crippen LogP contribution in [0.1, 0.15) is 31.9 Å². The van der Waals surface area contributed by atoms with Crippen LogP contribution in [0, 0.1) is 11.3 Å². The van der Waals surface area contributed by atoms with Crippen molar-refractivity contribution >= 4 is 5.69 Å². The van der Waals surface area contributed by atoms with Crippen LogP contribution in [0.2, 0.25) is 0 Å². The average molecular weight is 300 g/mol. The second-order valence-corrected chi connectivity index (χ2v) is 6.40. The molecular weight excluding hydrogens is 272 g/mol. The molecule has 1 aromatic rings. The van der Waals surface area contributed by atoms with Gasteiger partial charge in [-0.25, -0.2) is 0 Å². The minimum atomic E-state index is -0.137. The summed E-state index contributed by atoms with van der Waals surface area (Å²) in [4.78, 5) is 6.93. The second kappa shape index (κ2) is 7.62. The molecular formula is C18H28N4. The predicted octanol–water partition coefficient (Wildman–Crippen LogP) is 2.73. The lowest BCUT2D eigenvalue weighted by Crippen LogP contribution is -2.52. The zero-order chi connectivity index (χ0) is 16.1. The zero-order valence-electron chi connectivity index (χ0n) is 14.3. The summed E-state index contributed by atoms with van der Waals surface area (Å²) >= 11 is 0. The number of nitriles is 1. The van der Waals surface area contributed by atoms with Crippen molar-refractivity contribution in [3.05, 3.63) is 29.8 Å². The van der Waals surface area contributed by atoms with Crippen molar-refractivity contribution in [2.75, 3.05) is 45.2 Å². The van der Waals surface area contributed by atoms with Crippen molar-refractivity contribution < 1.29 is 0 Å². The highest BCUT2D eigenvalue weighted by molar-refractivity contribution is 5.47. The van der Waals surface area contributed by atoms with Crippen molar-refractivity contribution in [1.82, 2.24) is 9.80 Å². The first-order valence-corrected chi connectivity index (χ1v) is 8.21. The molecule has 1 aliphatic rings. The fourth-order valence-electron chi connectivity index (χ4n) is 3.20. The number of rotatable bonds is 5. The van der Waals surface area contributed by atoms with Crippen molar-refractivity contribution in [1.29, 1.82) is 5.26 Å². The van der Waals surface area contributed by atoms with Gasteiger partial charge in [-0.15, -0.1) is 0 Å². The van der Waals surface area contributed by atoms with Gasteiger partial charge in [0.05, 0.1) is 6.07 Å². The van der Waals surface area contributed by atoms with Crippen LogP contribution in [0.25, 0.3) is 0 Å². The van der Waals surface area contributed by atoms with Crippen molar-refractivity contribution in [3.8, 4) is 6.07 Å². The Morgan fingerprint density at radius 1 is 1.27 bits per heavy atom. The normalized spacial score (nSPS) is 21.3. The highest BCUT2D eigenvalue weighted by Gasteiger charge is 2.28. The summed E-state index contributed by atoms with van der Waals surface area (Å²) in [5.74, 6) is 0. The van der Waals surface area contributed by atoms with Gasteiger partial charge in [-0.1, -0.05) is 19.1 Å². The SMILES string of the molecule is CCCN1CCN(C(C#N)c2ccc(N(C)C)cc2)CC1C. The summed E-state index contributed by atoms with van der Waals surface area (Å²) in [6.45, 7) is 8.65. The van der Waals surface area contributed by atoms with Crippen molar-refractivity contribution in [3.63, 3.8) is 0 Å². The lowest BCUT2D eigenvalue weighted by Gasteiger charge is -2.41. The van der Waals surface area contributed by atoms with Gasteiger partial charge in [-0.2, -0.15) is 5.26 Å². The molecule has 1 saturated heterocycles. The minimum Gasteiger partial charge on any atom is -0.378 e. The number of anilines is 1. The Labute approximate surface area is 134 Å². The molecule has 1 heterocycles. The Kier molecular flexibility index (Phi) is 5.82. The molecule has 0 aliphatic carbocycles. The van der Waals surface area contributed by atoms with E-state index in [0.29, 0.717) is 6.04 Å². The molecule has 120 valence electrons. The molecule has 0 bridgehead atoms. The lowest BCUT2D eigenvalue weighted by molar-refractivity contribution is 0.0690. The van der Waals surface area contributed by atoms with E-state index in [9.17, 15) is 5.26 Å². The van der Waals surface area contributed by atoms with Crippen LogP contribution in [0.4, 0.5) is 5.69 Å². The van der Waals surface area contributed by atoms with Gasteiger partial charge in [0.1, 0.15) is 6.04 Å². The van der Waals surface area contributed by atoms with Crippen LogP contribution in [-0.2, 0) is 0 Å². The van der Waals surface area contributed by atoms with Crippen LogP contribution in [-0.4, -0.2) is 56.1 Å². The van der Waals surface area contributed by atoms with Crippen LogP contribution < -0.4 is 4.90 Å². The standard InChI is InChI=1S/C18H28N4/c1-5-10-21-11-12-22(14-15(21)2)18(13-19)16-6-8-17(9-7-16)20(3)4/h6-9,15,18H,5,10-12,14H2,1-4H3. The number of nitrogens with zero attached hydrogens (tertiary/aromatic N) is 4. The quantitative estimate of drug-likeness (QED) is 0.837. The number of hydrogen-bond acceptors (Lipinski definition) is 4. The Morgan fingerprint density at radius 2 is 1.95 bits per heavy atom. The third kappa shape index (κ3) is 3.79. The van der Waals surface area contributed by atoms with E-state index in [1.807, 2.05) is 14.1 Å². The van der Waals surface area contributed by atoms with Gasteiger partial charge < -0.3 is 4.90 Å². The van der Waals surface area contributed by atoms with Crippen LogP contribution in [0.5, 0.6) is 0 Å². The first-order valence-electron chi connectivity index (χ1n) is 8.21. The third-order valence-corrected chi connectivity index (χ3v) is 4.52. The topological polar surface area (TPSA) is 33.5 Å². The monoisotopic (exact) mass is 300 g/mol. The number of benzene rings is 1. The Bertz CT molecular complexity index is 503. The van der Waals surface area contributed by atoms with Gasteiger partial charge in [0.25, 0.3) is 0 Å².